The van der Waals surface area contributed by atoms with Crippen LogP contribution in [0.4, 0.5) is 0 Å². The van der Waals surface area contributed by atoms with Gasteiger partial charge in [-0.25, -0.2) is 12.7 Å². The molecule has 1 heterocycles. The normalized spacial score (nSPS) is 19.2. The molecule has 0 fully saturated rings. The molecule has 0 N–H and O–H groups in total. The van der Waals surface area contributed by atoms with Crippen molar-refractivity contribution in [3.05, 3.63) is 101 Å². The molecular weight excluding hydrogens is 358 g/mol. The zero-order valence-electron chi connectivity index (χ0n) is 15.1. The largest absolute Gasteiger partial charge is 0.269 e. The van der Waals surface area contributed by atoms with Gasteiger partial charge in [-0.3, -0.25) is 4.79 Å². The van der Waals surface area contributed by atoms with Crippen LogP contribution in [0.3, 0.4) is 0 Å². The molecule has 4 rings (SSSR count). The number of carbonyl (C=O) groups excluding carboxylic acids is 1. The first-order valence-electron chi connectivity index (χ1n) is 8.68. The summed E-state index contributed by atoms with van der Waals surface area (Å²) in [6.45, 7) is 3.68. The molecule has 3 aromatic rings. The molecule has 0 radical (unpaired) electrons. The Hall–Kier alpha value is -2.92. The van der Waals surface area contributed by atoms with E-state index in [4.69, 9.17) is 0 Å². The van der Waals surface area contributed by atoms with Crippen molar-refractivity contribution in [1.82, 2.24) is 4.31 Å². The SMILES string of the molecule is Cc1ccc(S(=O)(=O)N2C(=O)c3ccccc3[C@@]2(C)c2ccccc2)cc1. The molecule has 1 amide bonds. The minimum atomic E-state index is -4.04. The Morgan fingerprint density at radius 1 is 0.815 bits per heavy atom. The first-order valence-corrected chi connectivity index (χ1v) is 10.1. The molecular formula is C22H19NO3S. The Bertz CT molecular complexity index is 1120. The van der Waals surface area contributed by atoms with Gasteiger partial charge in [0, 0.05) is 5.56 Å². The molecule has 1 aliphatic heterocycles. The summed E-state index contributed by atoms with van der Waals surface area (Å²) in [4.78, 5) is 13.3. The number of rotatable bonds is 3. The molecule has 4 nitrogen and oxygen atoms in total. The molecule has 1 atom stereocenters. The lowest BCUT2D eigenvalue weighted by Crippen LogP contribution is -2.46. The summed E-state index contributed by atoms with van der Waals surface area (Å²) in [5.74, 6) is -0.502. The van der Waals surface area contributed by atoms with Crippen molar-refractivity contribution in [2.45, 2.75) is 24.3 Å². The number of aryl methyl sites for hydroxylation is 1. The van der Waals surface area contributed by atoms with Gasteiger partial charge in [-0.1, -0.05) is 66.2 Å². The molecule has 3 aromatic carbocycles. The maximum Gasteiger partial charge on any atom is 0.269 e. The van der Waals surface area contributed by atoms with Gasteiger partial charge in [0.2, 0.25) is 0 Å². The molecule has 5 heteroatoms. The molecule has 0 aliphatic carbocycles. The van der Waals surface area contributed by atoms with Gasteiger partial charge in [0.15, 0.2) is 0 Å². The summed E-state index contributed by atoms with van der Waals surface area (Å²) in [5, 5.41) is 0. The van der Waals surface area contributed by atoms with Crippen LogP contribution < -0.4 is 0 Å². The van der Waals surface area contributed by atoms with Crippen LogP contribution in [-0.2, 0) is 15.6 Å². The van der Waals surface area contributed by atoms with E-state index in [0.717, 1.165) is 15.4 Å². The second kappa shape index (κ2) is 6.06. The predicted octanol–water partition coefficient (Wildman–Crippen LogP) is 4.10. The first-order chi connectivity index (χ1) is 12.9. The van der Waals surface area contributed by atoms with Gasteiger partial charge < -0.3 is 0 Å². The Morgan fingerprint density at radius 3 is 2.07 bits per heavy atom. The number of sulfonamides is 1. The molecule has 0 aromatic heterocycles. The topological polar surface area (TPSA) is 54.5 Å². The van der Waals surface area contributed by atoms with Crippen molar-refractivity contribution in [2.75, 3.05) is 0 Å². The standard InChI is InChI=1S/C22H19NO3S/c1-16-12-14-18(15-13-16)27(25,26)23-21(24)19-10-6-7-11-20(19)22(23,2)17-8-4-3-5-9-17/h3-15H,1-2H3/t22-/m1/s1. The van der Waals surface area contributed by atoms with Crippen LogP contribution in [0.2, 0.25) is 0 Å². The minimum absolute atomic E-state index is 0.108. The number of nitrogens with zero attached hydrogens (tertiary/aromatic N) is 1. The Labute approximate surface area is 159 Å². The summed E-state index contributed by atoms with van der Waals surface area (Å²) >= 11 is 0. The quantitative estimate of drug-likeness (QED) is 0.690. The van der Waals surface area contributed by atoms with Gasteiger partial charge >= 0.3 is 0 Å². The highest BCUT2D eigenvalue weighted by Crippen LogP contribution is 2.46. The molecule has 1 aliphatic rings. The van der Waals surface area contributed by atoms with Crippen molar-refractivity contribution in [2.24, 2.45) is 0 Å². The summed E-state index contributed by atoms with van der Waals surface area (Å²) in [6, 6.07) is 22.9. The van der Waals surface area contributed by atoms with E-state index in [1.54, 1.807) is 43.3 Å². The second-order valence-electron chi connectivity index (χ2n) is 6.87. The van der Waals surface area contributed by atoms with Gasteiger partial charge in [-0.15, -0.1) is 0 Å². The molecule has 0 spiro atoms. The van der Waals surface area contributed by atoms with E-state index in [1.807, 2.05) is 49.4 Å². The third kappa shape index (κ3) is 2.50. The van der Waals surface area contributed by atoms with E-state index in [1.165, 1.54) is 0 Å². The molecule has 0 unspecified atom stereocenters. The average Bonchev–Trinajstić information content (AvgIpc) is 2.92. The van der Waals surface area contributed by atoms with E-state index in [0.29, 0.717) is 11.1 Å². The van der Waals surface area contributed by atoms with E-state index in [9.17, 15) is 13.2 Å². The monoisotopic (exact) mass is 377 g/mol. The van der Waals surface area contributed by atoms with Crippen molar-refractivity contribution in [3.8, 4) is 0 Å². The van der Waals surface area contributed by atoms with Crippen molar-refractivity contribution in [1.29, 1.82) is 0 Å². The molecule has 136 valence electrons. The van der Waals surface area contributed by atoms with Crippen LogP contribution in [0.1, 0.15) is 34.0 Å². The Balaban J connectivity index is 1.99. The highest BCUT2D eigenvalue weighted by atomic mass is 32.2. The molecule has 0 saturated heterocycles. The number of fused-ring (bicyclic) bond motifs is 1. The van der Waals surface area contributed by atoms with E-state index in [-0.39, 0.29) is 4.90 Å². The van der Waals surface area contributed by atoms with E-state index in [2.05, 4.69) is 0 Å². The van der Waals surface area contributed by atoms with Gasteiger partial charge in [-0.2, -0.15) is 0 Å². The van der Waals surface area contributed by atoms with Crippen LogP contribution in [0.15, 0.2) is 83.8 Å². The van der Waals surface area contributed by atoms with Gasteiger partial charge in [0.1, 0.15) is 5.54 Å². The van der Waals surface area contributed by atoms with Crippen LogP contribution in [0.5, 0.6) is 0 Å². The summed E-state index contributed by atoms with van der Waals surface area (Å²) < 4.78 is 28.1. The lowest BCUT2D eigenvalue weighted by atomic mass is 9.85. The highest BCUT2D eigenvalue weighted by Gasteiger charge is 2.53. The average molecular weight is 377 g/mol. The fraction of sp³-hybridized carbons (Fsp3) is 0.136. The second-order valence-corrected chi connectivity index (χ2v) is 8.66. The van der Waals surface area contributed by atoms with Crippen LogP contribution in [0, 0.1) is 6.92 Å². The van der Waals surface area contributed by atoms with Crippen LogP contribution >= 0.6 is 0 Å². The van der Waals surface area contributed by atoms with Crippen LogP contribution in [-0.4, -0.2) is 18.6 Å². The first kappa shape index (κ1) is 17.5. The Morgan fingerprint density at radius 2 is 1.41 bits per heavy atom. The zero-order valence-corrected chi connectivity index (χ0v) is 15.9. The maximum atomic E-state index is 13.5. The lowest BCUT2D eigenvalue weighted by molar-refractivity contribution is 0.0819. The minimum Gasteiger partial charge on any atom is -0.268 e. The van der Waals surface area contributed by atoms with Crippen LogP contribution in [0.25, 0.3) is 0 Å². The number of benzene rings is 3. The third-order valence-corrected chi connectivity index (χ3v) is 7.05. The Kier molecular flexibility index (Phi) is 3.93. The summed E-state index contributed by atoms with van der Waals surface area (Å²) in [7, 11) is -4.04. The fourth-order valence-electron chi connectivity index (χ4n) is 3.72. The fourth-order valence-corrected chi connectivity index (χ4v) is 5.41. The van der Waals surface area contributed by atoms with Crippen molar-refractivity contribution < 1.29 is 13.2 Å². The third-order valence-electron chi connectivity index (χ3n) is 5.17. The lowest BCUT2D eigenvalue weighted by Gasteiger charge is -2.35. The van der Waals surface area contributed by atoms with Gasteiger partial charge in [0.25, 0.3) is 15.9 Å². The number of hydrogen-bond donors (Lipinski definition) is 0. The van der Waals surface area contributed by atoms with E-state index < -0.39 is 21.5 Å². The molecule has 27 heavy (non-hydrogen) atoms. The van der Waals surface area contributed by atoms with Gasteiger partial charge in [0.05, 0.1) is 4.90 Å². The molecule has 0 bridgehead atoms. The maximum absolute atomic E-state index is 13.5. The number of carbonyl (C=O) groups is 1. The van der Waals surface area contributed by atoms with Crippen molar-refractivity contribution in [3.63, 3.8) is 0 Å². The smallest absolute Gasteiger partial charge is 0.268 e. The van der Waals surface area contributed by atoms with E-state index >= 15 is 0 Å². The predicted molar refractivity (Wildman–Crippen MR) is 104 cm³/mol. The zero-order chi connectivity index (χ0) is 19.2. The number of hydrogen-bond acceptors (Lipinski definition) is 3. The summed E-state index contributed by atoms with van der Waals surface area (Å²) in [5.41, 5.74) is 1.70. The summed E-state index contributed by atoms with van der Waals surface area (Å²) in [6.07, 6.45) is 0. The molecule has 0 saturated carbocycles. The number of amides is 1. The van der Waals surface area contributed by atoms with Crippen molar-refractivity contribution >= 4 is 15.9 Å². The highest BCUT2D eigenvalue weighted by molar-refractivity contribution is 7.89. The van der Waals surface area contributed by atoms with Gasteiger partial charge in [-0.05, 0) is 43.2 Å².